The smallest absolute Gasteiger partial charge is 0.261 e. The first-order valence-electron chi connectivity index (χ1n) is 7.13. The molecule has 5 nitrogen and oxygen atoms in total. The Kier molecular flexibility index (Phi) is 4.28. The highest BCUT2D eigenvalue weighted by molar-refractivity contribution is 7.92. The van der Waals surface area contributed by atoms with Gasteiger partial charge in [-0.2, -0.15) is 0 Å². The molecule has 2 aromatic carbocycles. The zero-order valence-electron chi connectivity index (χ0n) is 12.1. The molecule has 120 valence electrons. The van der Waals surface area contributed by atoms with Gasteiger partial charge in [0.05, 0.1) is 4.90 Å². The number of hydrogen-bond acceptors (Lipinski definition) is 3. The average molecular weight is 351 g/mol. The second-order valence-electron chi connectivity index (χ2n) is 5.38. The number of halogens is 1. The molecule has 0 aromatic heterocycles. The number of hydrogen-bond donors (Lipinski definition) is 2. The van der Waals surface area contributed by atoms with Gasteiger partial charge in [0.1, 0.15) is 0 Å². The number of sulfonamides is 1. The maximum atomic E-state index is 12.3. The van der Waals surface area contributed by atoms with E-state index < -0.39 is 10.0 Å². The lowest BCUT2D eigenvalue weighted by Crippen LogP contribution is -2.25. The van der Waals surface area contributed by atoms with Crippen LogP contribution in [0.2, 0.25) is 5.02 Å². The molecular formula is C16H15ClN2O3S. The lowest BCUT2D eigenvalue weighted by molar-refractivity contribution is 0.0951. The fourth-order valence-electron chi connectivity index (χ4n) is 2.01. The highest BCUT2D eigenvalue weighted by atomic mass is 35.5. The summed E-state index contributed by atoms with van der Waals surface area (Å²) in [4.78, 5) is 12.0. The Morgan fingerprint density at radius 3 is 2.17 bits per heavy atom. The molecule has 3 rings (SSSR count). The quantitative estimate of drug-likeness (QED) is 0.870. The Bertz CT molecular complexity index is 813. The van der Waals surface area contributed by atoms with E-state index in [1.807, 2.05) is 0 Å². The summed E-state index contributed by atoms with van der Waals surface area (Å²) in [5.41, 5.74) is 0.868. The number of nitrogens with one attached hydrogen (secondary N) is 2. The van der Waals surface area contributed by atoms with Crippen LogP contribution in [0.5, 0.6) is 0 Å². The van der Waals surface area contributed by atoms with Gasteiger partial charge in [0.2, 0.25) is 0 Å². The molecule has 0 unspecified atom stereocenters. The van der Waals surface area contributed by atoms with Crippen LogP contribution >= 0.6 is 11.6 Å². The fourth-order valence-corrected chi connectivity index (χ4v) is 3.20. The minimum atomic E-state index is -3.70. The van der Waals surface area contributed by atoms with Crippen LogP contribution in [0, 0.1) is 0 Å². The van der Waals surface area contributed by atoms with Crippen molar-refractivity contribution in [1.82, 2.24) is 5.32 Å². The van der Waals surface area contributed by atoms with Gasteiger partial charge in [0.15, 0.2) is 0 Å². The van der Waals surface area contributed by atoms with Gasteiger partial charge < -0.3 is 5.32 Å². The van der Waals surface area contributed by atoms with Crippen molar-refractivity contribution in [2.75, 3.05) is 4.72 Å². The predicted molar refractivity (Wildman–Crippen MR) is 89.2 cm³/mol. The van der Waals surface area contributed by atoms with Crippen LogP contribution in [0.4, 0.5) is 5.69 Å². The van der Waals surface area contributed by atoms with Crippen LogP contribution < -0.4 is 10.0 Å². The van der Waals surface area contributed by atoms with Gasteiger partial charge in [-0.3, -0.25) is 9.52 Å². The molecule has 0 spiro atoms. The lowest BCUT2D eigenvalue weighted by atomic mass is 10.2. The van der Waals surface area contributed by atoms with Crippen LogP contribution in [0.1, 0.15) is 23.2 Å². The van der Waals surface area contributed by atoms with Gasteiger partial charge in [-0.05, 0) is 61.4 Å². The molecule has 1 saturated carbocycles. The zero-order chi connectivity index (χ0) is 16.4. The zero-order valence-corrected chi connectivity index (χ0v) is 13.7. The van der Waals surface area contributed by atoms with Crippen LogP contribution in [0.3, 0.4) is 0 Å². The second-order valence-corrected chi connectivity index (χ2v) is 7.50. The molecule has 0 atom stereocenters. The molecule has 0 radical (unpaired) electrons. The standard InChI is InChI=1S/C16H15ClN2O3S/c17-12-3-5-14(6-4-12)19-23(21,22)15-9-1-11(2-10-15)16(20)18-13-7-8-13/h1-6,9-10,13,19H,7-8H2,(H,18,20). The maximum absolute atomic E-state index is 12.3. The van der Waals surface area contributed by atoms with E-state index in [0.717, 1.165) is 12.8 Å². The third kappa shape index (κ3) is 4.03. The Balaban J connectivity index is 1.74. The minimum Gasteiger partial charge on any atom is -0.349 e. The van der Waals surface area contributed by atoms with Crippen LogP contribution in [0.25, 0.3) is 0 Å². The Hall–Kier alpha value is -2.05. The summed E-state index contributed by atoms with van der Waals surface area (Å²) in [6.07, 6.45) is 2.01. The van der Waals surface area contributed by atoms with E-state index in [0.29, 0.717) is 16.3 Å². The summed E-state index contributed by atoms with van der Waals surface area (Å²) >= 11 is 5.77. The number of anilines is 1. The highest BCUT2D eigenvalue weighted by Gasteiger charge is 2.24. The summed E-state index contributed by atoms with van der Waals surface area (Å²) < 4.78 is 27.1. The van der Waals surface area contributed by atoms with Crippen molar-refractivity contribution in [3.8, 4) is 0 Å². The van der Waals surface area contributed by atoms with E-state index >= 15 is 0 Å². The van der Waals surface area contributed by atoms with Crippen LogP contribution in [0.15, 0.2) is 53.4 Å². The van der Waals surface area contributed by atoms with Crippen molar-refractivity contribution >= 4 is 33.2 Å². The summed E-state index contributed by atoms with van der Waals surface area (Å²) in [5.74, 6) is -0.179. The van der Waals surface area contributed by atoms with Gasteiger partial charge in [-0.25, -0.2) is 8.42 Å². The number of rotatable bonds is 5. The first-order valence-corrected chi connectivity index (χ1v) is 8.99. The van der Waals surface area contributed by atoms with Crippen LogP contribution in [-0.2, 0) is 10.0 Å². The van der Waals surface area contributed by atoms with Crippen molar-refractivity contribution in [2.24, 2.45) is 0 Å². The third-order valence-electron chi connectivity index (χ3n) is 3.44. The lowest BCUT2D eigenvalue weighted by Gasteiger charge is -2.09. The summed E-state index contributed by atoms with van der Waals surface area (Å²) in [6.45, 7) is 0. The number of amides is 1. The summed E-state index contributed by atoms with van der Waals surface area (Å²) in [6, 6.07) is 12.5. The Labute approximate surface area is 139 Å². The predicted octanol–water partition coefficient (Wildman–Crippen LogP) is 3.03. The molecule has 2 N–H and O–H groups in total. The van der Waals surface area contributed by atoms with Gasteiger partial charge in [0.25, 0.3) is 15.9 Å². The van der Waals surface area contributed by atoms with E-state index in [-0.39, 0.29) is 16.8 Å². The molecule has 0 bridgehead atoms. The van der Waals surface area contributed by atoms with Crippen LogP contribution in [-0.4, -0.2) is 20.4 Å². The van der Waals surface area contributed by atoms with Gasteiger partial charge in [-0.1, -0.05) is 11.6 Å². The van der Waals surface area contributed by atoms with E-state index in [9.17, 15) is 13.2 Å². The summed E-state index contributed by atoms with van der Waals surface area (Å²) in [5, 5.41) is 3.38. The van der Waals surface area contributed by atoms with Crippen molar-refractivity contribution in [1.29, 1.82) is 0 Å². The Morgan fingerprint density at radius 1 is 1.00 bits per heavy atom. The van der Waals surface area contributed by atoms with E-state index in [1.165, 1.54) is 24.3 Å². The molecule has 0 saturated heterocycles. The normalized spacial score (nSPS) is 14.3. The molecule has 2 aromatic rings. The van der Waals surface area contributed by atoms with Gasteiger partial charge in [-0.15, -0.1) is 0 Å². The Morgan fingerprint density at radius 2 is 1.61 bits per heavy atom. The molecule has 7 heteroatoms. The topological polar surface area (TPSA) is 75.3 Å². The van der Waals surface area contributed by atoms with Crippen molar-refractivity contribution in [3.05, 3.63) is 59.1 Å². The monoisotopic (exact) mass is 350 g/mol. The fraction of sp³-hybridized carbons (Fsp3) is 0.188. The number of benzene rings is 2. The first kappa shape index (κ1) is 15.8. The molecule has 1 amide bonds. The minimum absolute atomic E-state index is 0.0930. The van der Waals surface area contributed by atoms with E-state index in [4.69, 9.17) is 11.6 Å². The first-order chi connectivity index (χ1) is 10.9. The SMILES string of the molecule is O=C(NC1CC1)c1ccc(S(=O)(=O)Nc2ccc(Cl)cc2)cc1. The third-order valence-corrected chi connectivity index (χ3v) is 5.08. The van der Waals surface area contributed by atoms with Crippen molar-refractivity contribution in [2.45, 2.75) is 23.8 Å². The van der Waals surface area contributed by atoms with Crippen molar-refractivity contribution in [3.63, 3.8) is 0 Å². The second kappa shape index (κ2) is 6.22. The molecule has 0 heterocycles. The number of carbonyl (C=O) groups is 1. The molecule has 1 fully saturated rings. The van der Waals surface area contributed by atoms with Gasteiger partial charge in [0, 0.05) is 22.3 Å². The summed E-state index contributed by atoms with van der Waals surface area (Å²) in [7, 11) is -3.70. The van der Waals surface area contributed by atoms with Gasteiger partial charge >= 0.3 is 0 Å². The largest absolute Gasteiger partial charge is 0.349 e. The van der Waals surface area contributed by atoms with E-state index in [1.54, 1.807) is 24.3 Å². The molecular weight excluding hydrogens is 336 g/mol. The average Bonchev–Trinajstić information content (AvgIpc) is 3.33. The molecule has 1 aliphatic rings. The number of carbonyl (C=O) groups excluding carboxylic acids is 1. The highest BCUT2D eigenvalue weighted by Crippen LogP contribution is 2.21. The van der Waals surface area contributed by atoms with Crippen molar-refractivity contribution < 1.29 is 13.2 Å². The molecule has 23 heavy (non-hydrogen) atoms. The molecule has 1 aliphatic carbocycles. The molecule has 0 aliphatic heterocycles. The van der Waals surface area contributed by atoms with E-state index in [2.05, 4.69) is 10.0 Å². The maximum Gasteiger partial charge on any atom is 0.261 e.